The van der Waals surface area contributed by atoms with Crippen LogP contribution >= 0.6 is 0 Å². The number of fused-ring (bicyclic) bond motifs is 1. The fraction of sp³-hybridized carbons (Fsp3) is 0.296. The molecule has 0 fully saturated rings. The number of pyridine rings is 1. The van der Waals surface area contributed by atoms with Crippen molar-refractivity contribution in [2.45, 2.75) is 40.8 Å². The Morgan fingerprint density at radius 3 is 2.56 bits per heavy atom. The van der Waals surface area contributed by atoms with E-state index in [9.17, 15) is 4.79 Å². The van der Waals surface area contributed by atoms with Crippen LogP contribution in [0.3, 0.4) is 0 Å². The van der Waals surface area contributed by atoms with E-state index < -0.39 is 0 Å². The number of aryl methyl sites for hydroxylation is 3. The van der Waals surface area contributed by atoms with Crippen LogP contribution in [-0.2, 0) is 17.9 Å². The largest absolute Gasteiger partial charge is 0.487 e. The van der Waals surface area contributed by atoms with Crippen molar-refractivity contribution in [2.24, 2.45) is 0 Å². The third kappa shape index (κ3) is 5.54. The molecule has 4 rings (SSSR count). The van der Waals surface area contributed by atoms with Gasteiger partial charge in [0.1, 0.15) is 18.1 Å². The molecular weight excluding hydrogens is 426 g/mol. The SMILES string of the molecule is CC(=O)NCCNc1nc2c(C)cc(C)cc2n1Cc1nc(C)ccc1OCc1ccccc1. The number of ether oxygens (including phenoxy) is 1. The van der Waals surface area contributed by atoms with Gasteiger partial charge in [-0.1, -0.05) is 36.4 Å². The molecule has 0 atom stereocenters. The average Bonchev–Trinajstić information content (AvgIpc) is 3.14. The third-order valence-electron chi connectivity index (χ3n) is 5.59. The Morgan fingerprint density at radius 2 is 1.79 bits per heavy atom. The smallest absolute Gasteiger partial charge is 0.216 e. The molecule has 0 saturated carbocycles. The van der Waals surface area contributed by atoms with E-state index in [4.69, 9.17) is 14.7 Å². The first-order chi connectivity index (χ1) is 16.4. The zero-order valence-electron chi connectivity index (χ0n) is 20.2. The summed E-state index contributed by atoms with van der Waals surface area (Å²) in [6.45, 7) is 9.74. The molecule has 1 amide bonds. The lowest BCUT2D eigenvalue weighted by Gasteiger charge is -2.15. The minimum absolute atomic E-state index is 0.0501. The van der Waals surface area contributed by atoms with E-state index >= 15 is 0 Å². The molecule has 176 valence electrons. The number of aromatic nitrogens is 3. The van der Waals surface area contributed by atoms with Gasteiger partial charge in [0.25, 0.3) is 0 Å². The van der Waals surface area contributed by atoms with Crippen molar-refractivity contribution in [3.63, 3.8) is 0 Å². The van der Waals surface area contributed by atoms with Crippen LogP contribution in [-0.4, -0.2) is 33.5 Å². The van der Waals surface area contributed by atoms with Crippen LogP contribution in [0.2, 0.25) is 0 Å². The number of carbonyl (C=O) groups is 1. The summed E-state index contributed by atoms with van der Waals surface area (Å²) >= 11 is 0. The summed E-state index contributed by atoms with van der Waals surface area (Å²) in [5.41, 5.74) is 7.17. The van der Waals surface area contributed by atoms with E-state index in [0.29, 0.717) is 26.2 Å². The molecule has 0 radical (unpaired) electrons. The topological polar surface area (TPSA) is 81.1 Å². The second kappa shape index (κ2) is 10.4. The molecule has 2 aromatic heterocycles. The number of hydrogen-bond acceptors (Lipinski definition) is 5. The Bertz CT molecular complexity index is 1300. The van der Waals surface area contributed by atoms with Gasteiger partial charge in [-0.15, -0.1) is 0 Å². The summed E-state index contributed by atoms with van der Waals surface area (Å²) in [6.07, 6.45) is 0. The van der Waals surface area contributed by atoms with Gasteiger partial charge >= 0.3 is 0 Å². The van der Waals surface area contributed by atoms with Crippen LogP contribution in [0.15, 0.2) is 54.6 Å². The van der Waals surface area contributed by atoms with Gasteiger partial charge in [-0.2, -0.15) is 0 Å². The molecule has 0 aliphatic rings. The van der Waals surface area contributed by atoms with Gasteiger partial charge in [0.05, 0.1) is 17.6 Å². The van der Waals surface area contributed by atoms with E-state index in [1.54, 1.807) is 0 Å². The second-order valence-corrected chi connectivity index (χ2v) is 8.55. The zero-order chi connectivity index (χ0) is 24.1. The van der Waals surface area contributed by atoms with Crippen molar-refractivity contribution < 1.29 is 9.53 Å². The van der Waals surface area contributed by atoms with Gasteiger partial charge in [0.15, 0.2) is 0 Å². The quantitative estimate of drug-likeness (QED) is 0.361. The number of hydrogen-bond donors (Lipinski definition) is 2. The monoisotopic (exact) mass is 457 g/mol. The lowest BCUT2D eigenvalue weighted by molar-refractivity contribution is -0.118. The fourth-order valence-corrected chi connectivity index (χ4v) is 4.00. The molecule has 0 aliphatic heterocycles. The summed E-state index contributed by atoms with van der Waals surface area (Å²) in [5, 5.41) is 6.20. The summed E-state index contributed by atoms with van der Waals surface area (Å²) in [6, 6.07) is 18.4. The summed E-state index contributed by atoms with van der Waals surface area (Å²) in [7, 11) is 0. The molecular formula is C27H31N5O2. The highest BCUT2D eigenvalue weighted by Gasteiger charge is 2.16. The molecule has 0 aliphatic carbocycles. The molecule has 4 aromatic rings. The normalized spacial score (nSPS) is 10.9. The van der Waals surface area contributed by atoms with Crippen LogP contribution in [0, 0.1) is 20.8 Å². The van der Waals surface area contributed by atoms with Gasteiger partial charge < -0.3 is 19.9 Å². The maximum Gasteiger partial charge on any atom is 0.216 e. The predicted octanol–water partition coefficient (Wildman–Crippen LogP) is 4.53. The van der Waals surface area contributed by atoms with Crippen molar-refractivity contribution >= 4 is 22.9 Å². The molecule has 0 spiro atoms. The molecule has 2 aromatic carbocycles. The highest BCUT2D eigenvalue weighted by Crippen LogP contribution is 2.28. The first-order valence-electron chi connectivity index (χ1n) is 11.5. The van der Waals surface area contributed by atoms with E-state index in [1.165, 1.54) is 12.5 Å². The highest BCUT2D eigenvalue weighted by molar-refractivity contribution is 5.83. The number of imidazole rings is 1. The Morgan fingerprint density at radius 1 is 1.00 bits per heavy atom. The Hall–Kier alpha value is -3.87. The molecule has 0 unspecified atom stereocenters. The standard InChI is InChI=1S/C27H31N5O2/c1-18-14-19(2)26-24(15-18)32(27(31-26)29-13-12-28-21(4)33)16-23-25(11-10-20(3)30-23)34-17-22-8-6-5-7-9-22/h5-11,14-15H,12-13,16-17H2,1-4H3,(H,28,33)(H,29,31). The van der Waals surface area contributed by atoms with Crippen LogP contribution < -0.4 is 15.4 Å². The molecule has 0 saturated heterocycles. The zero-order valence-corrected chi connectivity index (χ0v) is 20.2. The van der Waals surface area contributed by atoms with E-state index in [1.807, 2.05) is 49.4 Å². The minimum Gasteiger partial charge on any atom is -0.487 e. The first-order valence-corrected chi connectivity index (χ1v) is 11.5. The van der Waals surface area contributed by atoms with Gasteiger partial charge in [-0.05, 0) is 55.7 Å². The number of nitrogens with one attached hydrogen (secondary N) is 2. The molecule has 34 heavy (non-hydrogen) atoms. The Kier molecular flexibility index (Phi) is 7.11. The number of anilines is 1. The first kappa shape index (κ1) is 23.3. The Labute approximate surface area is 200 Å². The third-order valence-corrected chi connectivity index (χ3v) is 5.59. The van der Waals surface area contributed by atoms with Gasteiger partial charge in [-0.3, -0.25) is 9.78 Å². The summed E-state index contributed by atoms with van der Waals surface area (Å²) in [5.74, 6) is 1.45. The van der Waals surface area contributed by atoms with E-state index in [-0.39, 0.29) is 5.91 Å². The van der Waals surface area contributed by atoms with Crippen LogP contribution in [0.5, 0.6) is 5.75 Å². The van der Waals surface area contributed by atoms with Crippen molar-refractivity contribution in [1.29, 1.82) is 0 Å². The van der Waals surface area contributed by atoms with Crippen LogP contribution in [0.25, 0.3) is 11.0 Å². The molecule has 2 heterocycles. The number of carbonyl (C=O) groups excluding carboxylic acids is 1. The number of benzene rings is 2. The maximum absolute atomic E-state index is 11.2. The summed E-state index contributed by atoms with van der Waals surface area (Å²) in [4.78, 5) is 20.9. The number of amides is 1. The van der Waals surface area contributed by atoms with Crippen LogP contribution in [0.1, 0.15) is 35.0 Å². The maximum atomic E-state index is 11.2. The molecule has 7 heteroatoms. The van der Waals surface area contributed by atoms with Crippen molar-refractivity contribution in [1.82, 2.24) is 19.9 Å². The fourth-order valence-electron chi connectivity index (χ4n) is 4.00. The lowest BCUT2D eigenvalue weighted by atomic mass is 10.1. The number of nitrogens with zero attached hydrogens (tertiary/aromatic N) is 3. The molecule has 7 nitrogen and oxygen atoms in total. The second-order valence-electron chi connectivity index (χ2n) is 8.55. The van der Waals surface area contributed by atoms with Crippen molar-refractivity contribution in [3.8, 4) is 5.75 Å². The lowest BCUT2D eigenvalue weighted by Crippen LogP contribution is -2.27. The van der Waals surface area contributed by atoms with Crippen LogP contribution in [0.4, 0.5) is 5.95 Å². The van der Waals surface area contributed by atoms with E-state index in [0.717, 1.165) is 45.2 Å². The number of rotatable bonds is 9. The average molecular weight is 458 g/mol. The van der Waals surface area contributed by atoms with Crippen molar-refractivity contribution in [3.05, 3.63) is 82.7 Å². The van der Waals surface area contributed by atoms with Gasteiger partial charge in [0.2, 0.25) is 11.9 Å². The van der Waals surface area contributed by atoms with Gasteiger partial charge in [-0.25, -0.2) is 4.98 Å². The van der Waals surface area contributed by atoms with Gasteiger partial charge in [0, 0.05) is 25.7 Å². The predicted molar refractivity (Wildman–Crippen MR) is 135 cm³/mol. The minimum atomic E-state index is -0.0501. The summed E-state index contributed by atoms with van der Waals surface area (Å²) < 4.78 is 8.33. The molecule has 0 bridgehead atoms. The van der Waals surface area contributed by atoms with Crippen molar-refractivity contribution in [2.75, 3.05) is 18.4 Å². The van der Waals surface area contributed by atoms with E-state index in [2.05, 4.69) is 41.2 Å². The Balaban J connectivity index is 1.66. The molecule has 2 N–H and O–H groups in total. The highest BCUT2D eigenvalue weighted by atomic mass is 16.5.